The summed E-state index contributed by atoms with van der Waals surface area (Å²) in [6, 6.07) is 14.1. The van der Waals surface area contributed by atoms with Crippen LogP contribution >= 0.6 is 11.8 Å². The molecule has 0 saturated heterocycles. The van der Waals surface area contributed by atoms with Gasteiger partial charge in [0.25, 0.3) is 0 Å². The van der Waals surface area contributed by atoms with Gasteiger partial charge < -0.3 is 10.1 Å². The van der Waals surface area contributed by atoms with Crippen molar-refractivity contribution in [3.63, 3.8) is 0 Å². The molecule has 0 aromatic heterocycles. The third-order valence-electron chi connectivity index (χ3n) is 3.60. The number of hydrogen-bond acceptors (Lipinski definition) is 3. The average molecular weight is 347 g/mol. The van der Waals surface area contributed by atoms with Crippen LogP contribution in [0.25, 0.3) is 0 Å². The maximum Gasteiger partial charge on any atom is 0.233 e. The first-order valence-corrected chi connectivity index (χ1v) is 8.79. The molecule has 0 saturated carbocycles. The van der Waals surface area contributed by atoms with E-state index >= 15 is 0 Å². The van der Waals surface area contributed by atoms with Crippen LogP contribution in [-0.4, -0.2) is 24.8 Å². The van der Waals surface area contributed by atoms with Crippen LogP contribution in [0.2, 0.25) is 0 Å². The first-order valence-electron chi connectivity index (χ1n) is 7.91. The molecule has 2 aromatic carbocycles. The quantitative estimate of drug-likeness (QED) is 0.578. The molecule has 5 heteroatoms. The maximum absolute atomic E-state index is 12.8. The monoisotopic (exact) mass is 347 g/mol. The summed E-state index contributed by atoms with van der Waals surface area (Å²) in [5.74, 6) is 0.601. The number of nitrogens with one attached hydrogen (secondary N) is 1. The molecule has 0 aliphatic rings. The van der Waals surface area contributed by atoms with Gasteiger partial charge in [-0.2, -0.15) is 0 Å². The first kappa shape index (κ1) is 18.3. The van der Waals surface area contributed by atoms with Crippen molar-refractivity contribution in [3.8, 4) is 5.75 Å². The van der Waals surface area contributed by atoms with Gasteiger partial charge in [0.15, 0.2) is 0 Å². The van der Waals surface area contributed by atoms with Crippen molar-refractivity contribution in [2.45, 2.75) is 29.9 Å². The predicted octanol–water partition coefficient (Wildman–Crippen LogP) is 4.06. The van der Waals surface area contributed by atoms with Crippen LogP contribution in [0, 0.1) is 5.82 Å². The molecule has 0 bridgehead atoms. The molecular weight excluding hydrogens is 325 g/mol. The fourth-order valence-corrected chi connectivity index (χ4v) is 3.10. The summed E-state index contributed by atoms with van der Waals surface area (Å²) < 4.78 is 17.9. The molecule has 0 aliphatic heterocycles. The molecule has 0 radical (unpaired) electrons. The molecule has 2 aromatic rings. The van der Waals surface area contributed by atoms with Crippen molar-refractivity contribution in [1.29, 1.82) is 0 Å². The van der Waals surface area contributed by atoms with Gasteiger partial charge in [-0.1, -0.05) is 12.1 Å². The first-order chi connectivity index (χ1) is 11.6. The summed E-state index contributed by atoms with van der Waals surface area (Å²) in [4.78, 5) is 13.2. The number of hydrogen-bond donors (Lipinski definition) is 1. The molecule has 1 N–H and O–H groups in total. The SMILES string of the molecule is COc1ccc(S[C@H](C)C(=O)NCCCc2ccc(F)cc2)cc1. The number of ether oxygens (including phenoxy) is 1. The van der Waals surface area contributed by atoms with Crippen LogP contribution in [0.15, 0.2) is 53.4 Å². The van der Waals surface area contributed by atoms with Gasteiger partial charge >= 0.3 is 0 Å². The van der Waals surface area contributed by atoms with Crippen molar-refractivity contribution in [3.05, 3.63) is 59.9 Å². The van der Waals surface area contributed by atoms with Gasteiger partial charge in [0, 0.05) is 11.4 Å². The number of carbonyl (C=O) groups is 1. The number of carbonyl (C=O) groups excluding carboxylic acids is 1. The van der Waals surface area contributed by atoms with E-state index in [1.807, 2.05) is 31.2 Å². The second-order valence-corrected chi connectivity index (χ2v) is 6.87. The average Bonchev–Trinajstić information content (AvgIpc) is 2.60. The molecule has 2 rings (SSSR count). The van der Waals surface area contributed by atoms with E-state index in [0.717, 1.165) is 29.1 Å². The van der Waals surface area contributed by atoms with Crippen molar-refractivity contribution in [2.75, 3.05) is 13.7 Å². The van der Waals surface area contributed by atoms with Crippen molar-refractivity contribution in [2.24, 2.45) is 0 Å². The predicted molar refractivity (Wildman–Crippen MR) is 96.0 cm³/mol. The van der Waals surface area contributed by atoms with Gasteiger partial charge in [-0.25, -0.2) is 4.39 Å². The molecule has 0 heterocycles. The second kappa shape index (κ2) is 9.33. The van der Waals surface area contributed by atoms with E-state index in [-0.39, 0.29) is 17.0 Å². The van der Waals surface area contributed by atoms with Gasteiger partial charge in [-0.3, -0.25) is 4.79 Å². The maximum atomic E-state index is 12.8. The Morgan fingerprint density at radius 3 is 2.46 bits per heavy atom. The highest BCUT2D eigenvalue weighted by Crippen LogP contribution is 2.25. The lowest BCUT2D eigenvalue weighted by Crippen LogP contribution is -2.31. The molecule has 0 unspecified atom stereocenters. The third-order valence-corrected chi connectivity index (χ3v) is 4.71. The Labute approximate surface area is 146 Å². The Hall–Kier alpha value is -2.01. The highest BCUT2D eigenvalue weighted by Gasteiger charge is 2.13. The molecular formula is C19H22FNO2S. The van der Waals surface area contributed by atoms with Crippen molar-refractivity contribution >= 4 is 17.7 Å². The lowest BCUT2D eigenvalue weighted by Gasteiger charge is -2.12. The van der Waals surface area contributed by atoms with Crippen LogP contribution in [0.3, 0.4) is 0 Å². The lowest BCUT2D eigenvalue weighted by atomic mass is 10.1. The van der Waals surface area contributed by atoms with Gasteiger partial charge in [-0.15, -0.1) is 11.8 Å². The zero-order valence-corrected chi connectivity index (χ0v) is 14.7. The zero-order chi connectivity index (χ0) is 17.4. The number of aryl methyl sites for hydroxylation is 1. The van der Waals surface area contributed by atoms with Crippen LogP contribution < -0.4 is 10.1 Å². The van der Waals surface area contributed by atoms with E-state index in [1.165, 1.54) is 23.9 Å². The minimum atomic E-state index is -0.226. The number of methoxy groups -OCH3 is 1. The Morgan fingerprint density at radius 2 is 1.83 bits per heavy atom. The van der Waals surface area contributed by atoms with Crippen LogP contribution in [0.5, 0.6) is 5.75 Å². The fourth-order valence-electron chi connectivity index (χ4n) is 2.21. The minimum absolute atomic E-state index is 0.0231. The number of rotatable bonds is 8. The standard InChI is InChI=1S/C19H22FNO2S/c1-14(24-18-11-9-17(23-2)10-12-18)19(22)21-13-3-4-15-5-7-16(20)8-6-15/h5-12,14H,3-4,13H2,1-2H3,(H,21,22)/t14-/m1/s1. The second-order valence-electron chi connectivity index (χ2n) is 5.46. The third kappa shape index (κ3) is 5.89. The van der Waals surface area contributed by atoms with E-state index < -0.39 is 0 Å². The summed E-state index contributed by atoms with van der Waals surface area (Å²) in [6.07, 6.45) is 1.65. The molecule has 3 nitrogen and oxygen atoms in total. The Bertz CT molecular complexity index is 643. The minimum Gasteiger partial charge on any atom is -0.497 e. The molecule has 24 heavy (non-hydrogen) atoms. The number of benzene rings is 2. The summed E-state index contributed by atoms with van der Waals surface area (Å²) in [5, 5.41) is 2.79. The lowest BCUT2D eigenvalue weighted by molar-refractivity contribution is -0.120. The van der Waals surface area contributed by atoms with Crippen molar-refractivity contribution in [1.82, 2.24) is 5.32 Å². The molecule has 0 spiro atoms. The van der Waals surface area contributed by atoms with E-state index in [4.69, 9.17) is 4.74 Å². The zero-order valence-electron chi connectivity index (χ0n) is 13.9. The highest BCUT2D eigenvalue weighted by atomic mass is 32.2. The molecule has 0 aliphatic carbocycles. The van der Waals surface area contributed by atoms with Crippen LogP contribution in [0.1, 0.15) is 18.9 Å². The van der Waals surface area contributed by atoms with Crippen LogP contribution in [-0.2, 0) is 11.2 Å². The van der Waals surface area contributed by atoms with Gasteiger partial charge in [0.05, 0.1) is 12.4 Å². The van der Waals surface area contributed by atoms with Gasteiger partial charge in [0.2, 0.25) is 5.91 Å². The summed E-state index contributed by atoms with van der Waals surface area (Å²) in [5.41, 5.74) is 1.08. The van der Waals surface area contributed by atoms with Gasteiger partial charge in [-0.05, 0) is 61.7 Å². The van der Waals surface area contributed by atoms with E-state index in [9.17, 15) is 9.18 Å². The topological polar surface area (TPSA) is 38.3 Å². The molecule has 0 fully saturated rings. The van der Waals surface area contributed by atoms with Gasteiger partial charge in [0.1, 0.15) is 11.6 Å². The molecule has 128 valence electrons. The summed E-state index contributed by atoms with van der Waals surface area (Å²) in [7, 11) is 1.63. The number of amides is 1. The number of halogens is 1. The largest absolute Gasteiger partial charge is 0.497 e. The highest BCUT2D eigenvalue weighted by molar-refractivity contribution is 8.00. The fraction of sp³-hybridized carbons (Fsp3) is 0.316. The van der Waals surface area contributed by atoms with E-state index in [0.29, 0.717) is 6.54 Å². The Morgan fingerprint density at radius 1 is 1.17 bits per heavy atom. The summed E-state index contributed by atoms with van der Waals surface area (Å²) >= 11 is 1.52. The number of thioether (sulfide) groups is 1. The Balaban J connectivity index is 1.70. The summed E-state index contributed by atoms with van der Waals surface area (Å²) in [6.45, 7) is 2.51. The van der Waals surface area contributed by atoms with E-state index in [1.54, 1.807) is 19.2 Å². The van der Waals surface area contributed by atoms with E-state index in [2.05, 4.69) is 5.32 Å². The van der Waals surface area contributed by atoms with Crippen molar-refractivity contribution < 1.29 is 13.9 Å². The normalized spacial score (nSPS) is 11.8. The van der Waals surface area contributed by atoms with Crippen LogP contribution in [0.4, 0.5) is 4.39 Å². The molecule has 1 amide bonds. The Kier molecular flexibility index (Phi) is 7.12. The molecule has 1 atom stereocenters. The smallest absolute Gasteiger partial charge is 0.233 e.